The summed E-state index contributed by atoms with van der Waals surface area (Å²) >= 11 is 0. The molecule has 8 rings (SSSR count). The third kappa shape index (κ3) is 5.35. The molecule has 0 saturated heterocycles. The van der Waals surface area contributed by atoms with E-state index in [0.717, 1.165) is 55.3 Å². The van der Waals surface area contributed by atoms with Crippen molar-refractivity contribution in [3.05, 3.63) is 146 Å². The summed E-state index contributed by atoms with van der Waals surface area (Å²) in [5.41, 5.74) is 6.63. The summed E-state index contributed by atoms with van der Waals surface area (Å²) < 4.78 is 12.5. The van der Waals surface area contributed by atoms with Gasteiger partial charge in [0.05, 0.1) is 13.2 Å². The maximum atomic E-state index is 9.71. The molecule has 0 aliphatic rings. The van der Waals surface area contributed by atoms with Crippen LogP contribution in [0.4, 0.5) is 0 Å². The van der Waals surface area contributed by atoms with Crippen LogP contribution < -0.4 is 9.47 Å². The first-order chi connectivity index (χ1) is 23.2. The van der Waals surface area contributed by atoms with E-state index in [-0.39, 0.29) is 13.2 Å². The first-order valence-electron chi connectivity index (χ1n) is 16.2. The van der Waals surface area contributed by atoms with Gasteiger partial charge in [-0.05, 0) is 109 Å². The van der Waals surface area contributed by atoms with E-state index in [1.54, 1.807) is 0 Å². The highest BCUT2D eigenvalue weighted by molar-refractivity contribution is 6.11. The lowest BCUT2D eigenvalue weighted by Crippen LogP contribution is -2.04. The highest BCUT2D eigenvalue weighted by Crippen LogP contribution is 2.47. The van der Waals surface area contributed by atoms with Crippen LogP contribution in [0.15, 0.2) is 146 Å². The van der Waals surface area contributed by atoms with Gasteiger partial charge < -0.3 is 14.6 Å². The molecule has 47 heavy (non-hydrogen) atoms. The van der Waals surface area contributed by atoms with E-state index >= 15 is 0 Å². The number of hydrogen-bond acceptors (Lipinski definition) is 3. The predicted octanol–water partition coefficient (Wildman–Crippen LogP) is 11.1. The van der Waals surface area contributed by atoms with Gasteiger partial charge in [-0.25, -0.2) is 0 Å². The van der Waals surface area contributed by atoms with Gasteiger partial charge in [0, 0.05) is 11.1 Å². The highest BCUT2D eigenvalue weighted by atomic mass is 16.5. The molecule has 8 aromatic carbocycles. The van der Waals surface area contributed by atoms with Crippen LogP contribution in [0, 0.1) is 0 Å². The molecule has 0 bridgehead atoms. The van der Waals surface area contributed by atoms with Crippen LogP contribution in [0.25, 0.3) is 76.5 Å². The van der Waals surface area contributed by atoms with Crippen molar-refractivity contribution in [1.82, 2.24) is 0 Å². The number of benzene rings is 8. The van der Waals surface area contributed by atoms with Gasteiger partial charge in [-0.1, -0.05) is 109 Å². The van der Waals surface area contributed by atoms with Gasteiger partial charge in [-0.2, -0.15) is 0 Å². The average molecular weight is 611 g/mol. The Morgan fingerprint density at radius 2 is 0.830 bits per heavy atom. The lowest BCUT2D eigenvalue weighted by atomic mass is 9.89. The zero-order valence-corrected chi connectivity index (χ0v) is 26.2. The largest absolute Gasteiger partial charge is 0.493 e. The van der Waals surface area contributed by atoms with Gasteiger partial charge in [-0.15, -0.1) is 0 Å². The van der Waals surface area contributed by atoms with Crippen molar-refractivity contribution >= 4 is 43.1 Å². The van der Waals surface area contributed by atoms with E-state index in [0.29, 0.717) is 6.61 Å². The number of ether oxygens (including phenoxy) is 2. The Kier molecular flexibility index (Phi) is 7.53. The SMILES string of the molecule is CCOc1ccc2cc(-c3ccc4ccccc4c3)ccc2c1-c1c(OCCO)ccc2cc(-c3ccc4ccccc4c3)ccc12. The Morgan fingerprint density at radius 3 is 1.30 bits per heavy atom. The fourth-order valence-corrected chi connectivity index (χ4v) is 6.78. The van der Waals surface area contributed by atoms with Crippen LogP contribution in [-0.4, -0.2) is 24.9 Å². The molecule has 0 unspecified atom stereocenters. The molecule has 0 aliphatic heterocycles. The summed E-state index contributed by atoms with van der Waals surface area (Å²) in [6, 6.07) is 51.8. The molecule has 1 N–H and O–H groups in total. The average Bonchev–Trinajstić information content (AvgIpc) is 3.13. The fourth-order valence-electron chi connectivity index (χ4n) is 6.78. The normalized spacial score (nSPS) is 11.4. The van der Waals surface area contributed by atoms with Crippen LogP contribution in [0.3, 0.4) is 0 Å². The van der Waals surface area contributed by atoms with E-state index in [2.05, 4.69) is 140 Å². The minimum Gasteiger partial charge on any atom is -0.493 e. The number of hydrogen-bond donors (Lipinski definition) is 1. The smallest absolute Gasteiger partial charge is 0.128 e. The molecule has 0 fully saturated rings. The van der Waals surface area contributed by atoms with E-state index in [4.69, 9.17) is 9.47 Å². The molecule has 0 saturated carbocycles. The Hall–Kier alpha value is -5.64. The number of rotatable bonds is 8. The molecule has 8 aromatic rings. The lowest BCUT2D eigenvalue weighted by Gasteiger charge is -2.20. The van der Waals surface area contributed by atoms with Crippen LogP contribution in [-0.2, 0) is 0 Å². The fraction of sp³-hybridized carbons (Fsp3) is 0.0909. The second-order valence-corrected chi connectivity index (χ2v) is 11.9. The second kappa shape index (κ2) is 12.3. The summed E-state index contributed by atoms with van der Waals surface area (Å²) in [6.07, 6.45) is 0. The van der Waals surface area contributed by atoms with Crippen molar-refractivity contribution in [1.29, 1.82) is 0 Å². The van der Waals surface area contributed by atoms with E-state index < -0.39 is 0 Å². The quantitative estimate of drug-likeness (QED) is 0.186. The first-order valence-corrected chi connectivity index (χ1v) is 16.2. The summed E-state index contributed by atoms with van der Waals surface area (Å²) in [7, 11) is 0. The summed E-state index contributed by atoms with van der Waals surface area (Å²) in [4.78, 5) is 0. The molecular formula is C44H34O3. The molecule has 0 atom stereocenters. The predicted molar refractivity (Wildman–Crippen MR) is 197 cm³/mol. The van der Waals surface area contributed by atoms with E-state index in [9.17, 15) is 5.11 Å². The van der Waals surface area contributed by atoms with Crippen LogP contribution in [0.2, 0.25) is 0 Å². The molecule has 0 aromatic heterocycles. The summed E-state index contributed by atoms with van der Waals surface area (Å²) in [5.74, 6) is 1.52. The summed E-state index contributed by atoms with van der Waals surface area (Å²) in [5, 5.41) is 19.0. The number of aliphatic hydroxyl groups is 1. The highest BCUT2D eigenvalue weighted by Gasteiger charge is 2.20. The molecule has 0 aliphatic carbocycles. The monoisotopic (exact) mass is 610 g/mol. The van der Waals surface area contributed by atoms with Crippen molar-refractivity contribution < 1.29 is 14.6 Å². The molecule has 0 heterocycles. The molecule has 0 spiro atoms. The van der Waals surface area contributed by atoms with Crippen molar-refractivity contribution in [2.45, 2.75) is 6.92 Å². The van der Waals surface area contributed by atoms with Gasteiger partial charge in [0.2, 0.25) is 0 Å². The van der Waals surface area contributed by atoms with E-state index in [1.807, 2.05) is 13.0 Å². The summed E-state index contributed by atoms with van der Waals surface area (Å²) in [6.45, 7) is 2.69. The van der Waals surface area contributed by atoms with E-state index in [1.165, 1.54) is 32.7 Å². The van der Waals surface area contributed by atoms with Crippen LogP contribution >= 0.6 is 0 Å². The molecule has 228 valence electrons. The van der Waals surface area contributed by atoms with Crippen LogP contribution in [0.1, 0.15) is 6.92 Å². The molecule has 3 nitrogen and oxygen atoms in total. The first kappa shape index (κ1) is 28.8. The third-order valence-corrected chi connectivity index (χ3v) is 9.03. The molecular weight excluding hydrogens is 576 g/mol. The lowest BCUT2D eigenvalue weighted by molar-refractivity contribution is 0.202. The molecule has 0 amide bonds. The number of fused-ring (bicyclic) bond motifs is 4. The van der Waals surface area contributed by atoms with Crippen molar-refractivity contribution in [3.8, 4) is 44.9 Å². The van der Waals surface area contributed by atoms with Gasteiger partial charge >= 0.3 is 0 Å². The topological polar surface area (TPSA) is 38.7 Å². The zero-order chi connectivity index (χ0) is 31.7. The Balaban J connectivity index is 1.32. The zero-order valence-electron chi connectivity index (χ0n) is 26.2. The standard InChI is InChI=1S/C44H34O3/c1-2-46-41-21-17-37-27-35(33-13-11-29-7-3-5-9-31(29)25-33)15-19-39(37)43(41)44-40-20-16-36(28-38(40)18-22-42(44)47-24-23-45)34-14-12-30-8-4-6-10-32(30)26-34/h3-22,25-28,45H,2,23-24H2,1H3. The van der Waals surface area contributed by atoms with Gasteiger partial charge in [0.1, 0.15) is 18.1 Å². The Bertz CT molecular complexity index is 2420. The van der Waals surface area contributed by atoms with Crippen molar-refractivity contribution in [2.24, 2.45) is 0 Å². The minimum absolute atomic E-state index is 0.0681. The van der Waals surface area contributed by atoms with Crippen molar-refractivity contribution in [2.75, 3.05) is 19.8 Å². The maximum Gasteiger partial charge on any atom is 0.128 e. The van der Waals surface area contributed by atoms with Crippen LogP contribution in [0.5, 0.6) is 11.5 Å². The van der Waals surface area contributed by atoms with Gasteiger partial charge in [0.15, 0.2) is 0 Å². The Morgan fingerprint density at radius 1 is 0.426 bits per heavy atom. The van der Waals surface area contributed by atoms with Gasteiger partial charge in [-0.3, -0.25) is 0 Å². The molecule has 0 radical (unpaired) electrons. The second-order valence-electron chi connectivity index (χ2n) is 11.9. The third-order valence-electron chi connectivity index (χ3n) is 9.03. The molecule has 3 heteroatoms. The Labute approximate surface area is 274 Å². The number of aliphatic hydroxyl groups excluding tert-OH is 1. The minimum atomic E-state index is -0.0681. The van der Waals surface area contributed by atoms with Gasteiger partial charge in [0.25, 0.3) is 0 Å². The maximum absolute atomic E-state index is 9.71. The van der Waals surface area contributed by atoms with Crippen molar-refractivity contribution in [3.63, 3.8) is 0 Å².